The van der Waals surface area contributed by atoms with Crippen molar-refractivity contribution in [3.63, 3.8) is 0 Å². The Kier molecular flexibility index (Phi) is 9.13. The lowest BCUT2D eigenvalue weighted by Gasteiger charge is -2.38. The molecule has 1 heterocycles. The lowest BCUT2D eigenvalue weighted by molar-refractivity contribution is -0.262. The van der Waals surface area contributed by atoms with Gasteiger partial charge in [-0.05, 0) is 49.8 Å². The fourth-order valence-electron chi connectivity index (χ4n) is 4.64. The highest BCUT2D eigenvalue weighted by Crippen LogP contribution is 2.41. The first-order valence-corrected chi connectivity index (χ1v) is 12.6. The minimum atomic E-state index is -5.13. The van der Waals surface area contributed by atoms with Crippen molar-refractivity contribution in [1.29, 1.82) is 0 Å². The zero-order chi connectivity index (χ0) is 27.4. The second-order valence-electron chi connectivity index (χ2n) is 9.74. The summed E-state index contributed by atoms with van der Waals surface area (Å²) in [5.74, 6) is -1.21. The van der Waals surface area contributed by atoms with Gasteiger partial charge in [0, 0.05) is 52.0 Å². The summed E-state index contributed by atoms with van der Waals surface area (Å²) in [7, 11) is 5.26. The number of aliphatic hydroxyl groups is 1. The molecule has 2 amide bonds. The number of halogens is 4. The molecular weight excluding hydrogens is 507 g/mol. The molecule has 1 aliphatic rings. The molecule has 1 unspecified atom stereocenters. The maximum Gasteiger partial charge on any atom is 0.430 e. The molecule has 0 saturated carbocycles. The number of carbonyl (C=O) groups excluding carboxylic acids is 2. The number of alkyl halides is 3. The van der Waals surface area contributed by atoms with Crippen LogP contribution in [-0.2, 0) is 10.4 Å². The molecule has 2 aromatic rings. The zero-order valence-corrected chi connectivity index (χ0v) is 22.0. The summed E-state index contributed by atoms with van der Waals surface area (Å²) in [4.78, 5) is 29.7. The van der Waals surface area contributed by atoms with Gasteiger partial charge in [0.25, 0.3) is 17.4 Å². The van der Waals surface area contributed by atoms with Gasteiger partial charge in [-0.2, -0.15) is 13.2 Å². The van der Waals surface area contributed by atoms with Gasteiger partial charge in [0.1, 0.15) is 0 Å². The van der Waals surface area contributed by atoms with E-state index in [-0.39, 0.29) is 24.9 Å². The van der Waals surface area contributed by atoms with Crippen LogP contribution in [-0.4, -0.2) is 73.7 Å². The summed E-state index contributed by atoms with van der Waals surface area (Å²) in [5.41, 5.74) is -2.71. The molecule has 0 aromatic heterocycles. The van der Waals surface area contributed by atoms with Crippen LogP contribution in [0.1, 0.15) is 41.6 Å². The maximum atomic E-state index is 13.8. The van der Waals surface area contributed by atoms with Crippen molar-refractivity contribution in [1.82, 2.24) is 9.80 Å². The van der Waals surface area contributed by atoms with Crippen LogP contribution in [0.2, 0.25) is 5.02 Å². The van der Waals surface area contributed by atoms with Gasteiger partial charge in [-0.3, -0.25) is 9.59 Å². The van der Waals surface area contributed by atoms with E-state index in [1.54, 1.807) is 26.2 Å². The van der Waals surface area contributed by atoms with Crippen molar-refractivity contribution >= 4 is 29.1 Å². The number of hydrogen-bond acceptors (Lipinski definition) is 4. The summed E-state index contributed by atoms with van der Waals surface area (Å²) in [6, 6.07) is 11.8. The molecule has 1 N–H and O–H groups in total. The number of rotatable bonds is 8. The van der Waals surface area contributed by atoms with Gasteiger partial charge in [-0.15, -0.1) is 0 Å². The molecule has 6 nitrogen and oxygen atoms in total. The van der Waals surface area contributed by atoms with Crippen LogP contribution in [0.25, 0.3) is 0 Å². The van der Waals surface area contributed by atoms with E-state index in [4.69, 9.17) is 11.6 Å². The average Bonchev–Trinajstić information content (AvgIpc) is 2.87. The summed E-state index contributed by atoms with van der Waals surface area (Å²) in [6.07, 6.45) is -2.27. The first-order valence-electron chi connectivity index (χ1n) is 12.2. The molecular formula is C27H33ClF3N3O3. The quantitative estimate of drug-likeness (QED) is 0.516. The molecule has 0 aliphatic carbocycles. The number of nitrogens with zero attached hydrogens (tertiary/aromatic N) is 3. The van der Waals surface area contributed by atoms with Crippen LogP contribution < -0.4 is 4.90 Å². The highest BCUT2D eigenvalue weighted by molar-refractivity contribution is 6.34. The predicted molar refractivity (Wildman–Crippen MR) is 138 cm³/mol. The molecule has 0 bridgehead atoms. The van der Waals surface area contributed by atoms with Crippen molar-refractivity contribution in [2.24, 2.45) is 5.92 Å². The normalized spacial score (nSPS) is 16.3. The van der Waals surface area contributed by atoms with Gasteiger partial charge in [0.2, 0.25) is 0 Å². The highest BCUT2D eigenvalue weighted by atomic mass is 35.5. The second-order valence-corrected chi connectivity index (χ2v) is 10.1. The lowest BCUT2D eigenvalue weighted by Crippen LogP contribution is -2.57. The van der Waals surface area contributed by atoms with Gasteiger partial charge in [-0.25, -0.2) is 0 Å². The lowest BCUT2D eigenvalue weighted by atomic mass is 9.88. The van der Waals surface area contributed by atoms with Crippen LogP contribution in [0.5, 0.6) is 0 Å². The first kappa shape index (κ1) is 28.8. The van der Waals surface area contributed by atoms with Crippen LogP contribution in [0, 0.1) is 5.92 Å². The Hall–Kier alpha value is -2.78. The van der Waals surface area contributed by atoms with Gasteiger partial charge in [0.05, 0.1) is 10.6 Å². The number of amides is 2. The van der Waals surface area contributed by atoms with E-state index in [0.717, 1.165) is 42.1 Å². The Balaban J connectivity index is 1.52. The summed E-state index contributed by atoms with van der Waals surface area (Å²) >= 11 is 6.31. The number of hydrogen-bond donors (Lipinski definition) is 1. The molecule has 0 spiro atoms. The third-order valence-corrected chi connectivity index (χ3v) is 7.26. The Morgan fingerprint density at radius 3 is 2.22 bits per heavy atom. The second kappa shape index (κ2) is 11.7. The number of anilines is 1. The minimum Gasteiger partial charge on any atom is -0.375 e. The van der Waals surface area contributed by atoms with Crippen LogP contribution >= 0.6 is 11.6 Å². The fourth-order valence-corrected chi connectivity index (χ4v) is 4.90. The molecule has 1 aliphatic heterocycles. The third kappa shape index (κ3) is 6.38. The van der Waals surface area contributed by atoms with E-state index in [1.807, 2.05) is 18.0 Å². The minimum absolute atomic E-state index is 0.165. The number of benzene rings is 2. The number of piperidine rings is 1. The largest absolute Gasteiger partial charge is 0.430 e. The highest BCUT2D eigenvalue weighted by Gasteiger charge is 2.62. The first-order chi connectivity index (χ1) is 17.4. The molecule has 1 saturated heterocycles. The number of likely N-dealkylation sites (tertiary alicyclic amines) is 1. The average molecular weight is 540 g/mol. The molecule has 2 aromatic carbocycles. The predicted octanol–water partition coefficient (Wildman–Crippen LogP) is 4.95. The maximum absolute atomic E-state index is 13.8. The Morgan fingerprint density at radius 1 is 1.05 bits per heavy atom. The van der Waals surface area contributed by atoms with Crippen molar-refractivity contribution in [2.75, 3.05) is 45.7 Å². The molecule has 10 heteroatoms. The van der Waals surface area contributed by atoms with Crippen LogP contribution in [0.3, 0.4) is 0 Å². The molecule has 202 valence electrons. The van der Waals surface area contributed by atoms with E-state index < -0.39 is 23.2 Å². The van der Waals surface area contributed by atoms with Crippen molar-refractivity contribution in [3.05, 3.63) is 64.7 Å². The van der Waals surface area contributed by atoms with E-state index in [9.17, 15) is 27.9 Å². The molecule has 37 heavy (non-hydrogen) atoms. The van der Waals surface area contributed by atoms with E-state index in [1.165, 1.54) is 23.1 Å². The van der Waals surface area contributed by atoms with E-state index in [0.29, 0.717) is 23.4 Å². The van der Waals surface area contributed by atoms with Crippen molar-refractivity contribution in [2.45, 2.75) is 37.5 Å². The van der Waals surface area contributed by atoms with E-state index in [2.05, 4.69) is 0 Å². The van der Waals surface area contributed by atoms with Gasteiger partial charge >= 0.3 is 6.18 Å². The van der Waals surface area contributed by atoms with Gasteiger partial charge in [0.15, 0.2) is 0 Å². The molecule has 1 fully saturated rings. The van der Waals surface area contributed by atoms with Crippen molar-refractivity contribution in [3.8, 4) is 0 Å². The smallest absolute Gasteiger partial charge is 0.375 e. The topological polar surface area (TPSA) is 64.1 Å². The Bertz CT molecular complexity index is 1090. The molecule has 0 radical (unpaired) electrons. The molecule has 3 rings (SSSR count). The summed E-state index contributed by atoms with van der Waals surface area (Å²) in [6.45, 7) is 1.07. The standard InChI is InChI=1S/C27H33ClF3N3O3/c1-32(2)24(35)22-12-11-21(18-23(22)28)33(3)15-7-8-19-13-16-34(17-14-19)25(36)26(37,27(29,30)31)20-9-5-4-6-10-20/h4-6,9-12,18-19,37H,7-8,13-17H2,1-3H3. The third-order valence-electron chi connectivity index (χ3n) is 6.95. The van der Waals surface area contributed by atoms with Gasteiger partial charge in [-0.1, -0.05) is 41.9 Å². The SMILES string of the molecule is CN(C)C(=O)c1ccc(N(C)CCCC2CCN(C(=O)C(O)(c3ccccc3)C(F)(F)F)CC2)cc1Cl. The molecule has 1 atom stereocenters. The van der Waals surface area contributed by atoms with Crippen LogP contribution in [0.15, 0.2) is 48.5 Å². The Labute approximate surface area is 220 Å². The summed E-state index contributed by atoms with van der Waals surface area (Å²) in [5, 5.41) is 10.9. The zero-order valence-electron chi connectivity index (χ0n) is 21.3. The van der Waals surface area contributed by atoms with Crippen molar-refractivity contribution < 1.29 is 27.9 Å². The monoisotopic (exact) mass is 539 g/mol. The van der Waals surface area contributed by atoms with E-state index >= 15 is 0 Å². The van der Waals surface area contributed by atoms with Gasteiger partial charge < -0.3 is 19.8 Å². The fraction of sp³-hybridized carbons (Fsp3) is 0.481. The summed E-state index contributed by atoms with van der Waals surface area (Å²) < 4.78 is 41.5. The Morgan fingerprint density at radius 2 is 1.68 bits per heavy atom. The van der Waals surface area contributed by atoms with Crippen LogP contribution in [0.4, 0.5) is 18.9 Å². The number of carbonyl (C=O) groups is 2.